The Bertz CT molecular complexity index is 834. The van der Waals surface area contributed by atoms with Crippen LogP contribution in [0.25, 0.3) is 0 Å². The fourth-order valence-electron chi connectivity index (χ4n) is 3.49. The Morgan fingerprint density at radius 3 is 2.06 bits per heavy atom. The zero-order valence-electron chi connectivity index (χ0n) is 17.9. The van der Waals surface area contributed by atoms with E-state index in [1.807, 2.05) is 30.3 Å². The van der Waals surface area contributed by atoms with E-state index >= 15 is 0 Å². The normalized spacial score (nSPS) is 14.2. The lowest BCUT2D eigenvalue weighted by Crippen LogP contribution is -2.58. The van der Waals surface area contributed by atoms with Crippen LogP contribution in [0.15, 0.2) is 54.6 Å². The number of benzene rings is 2. The van der Waals surface area contributed by atoms with Gasteiger partial charge in [-0.15, -0.1) is 0 Å². The van der Waals surface area contributed by atoms with Crippen molar-refractivity contribution >= 4 is 6.09 Å². The third kappa shape index (κ3) is 7.25. The molecule has 3 N–H and O–H groups in total. The Labute approximate surface area is 180 Å². The number of nitrogens with one attached hydrogen (secondary N) is 1. The molecule has 0 aromatic heterocycles. The smallest absolute Gasteiger partial charge is 0.416 e. The Hall–Kier alpha value is -2.58. The number of hydrogen-bond acceptors (Lipinski definition) is 3. The molecule has 0 unspecified atom stereocenters. The van der Waals surface area contributed by atoms with Crippen LogP contribution in [0.2, 0.25) is 0 Å². The summed E-state index contributed by atoms with van der Waals surface area (Å²) in [6, 6.07) is 13.4. The first-order valence-electron chi connectivity index (χ1n) is 10.0. The van der Waals surface area contributed by atoms with Crippen molar-refractivity contribution in [2.24, 2.45) is 0 Å². The van der Waals surface area contributed by atoms with Crippen molar-refractivity contribution in [3.63, 3.8) is 0 Å². The predicted octanol–water partition coefficient (Wildman–Crippen LogP) is 4.55. The van der Waals surface area contributed by atoms with E-state index in [-0.39, 0.29) is 13.1 Å². The van der Waals surface area contributed by atoms with Crippen LogP contribution in [0.3, 0.4) is 0 Å². The molecule has 2 rings (SSSR count). The van der Waals surface area contributed by atoms with E-state index in [0.29, 0.717) is 12.0 Å². The summed E-state index contributed by atoms with van der Waals surface area (Å²) in [6.07, 6.45) is -6.21. The first-order chi connectivity index (χ1) is 14.4. The van der Waals surface area contributed by atoms with Gasteiger partial charge < -0.3 is 15.5 Å². The van der Waals surface area contributed by atoms with Crippen molar-refractivity contribution < 1.29 is 28.2 Å². The first kappa shape index (κ1) is 24.7. The minimum atomic E-state index is -4.39. The van der Waals surface area contributed by atoms with Gasteiger partial charge in [0.1, 0.15) is 0 Å². The summed E-state index contributed by atoms with van der Waals surface area (Å²) in [6.45, 7) is 5.62. The number of aliphatic hydroxyl groups excluding tert-OH is 1. The molecule has 1 amide bonds. The summed E-state index contributed by atoms with van der Waals surface area (Å²) in [5.41, 5.74) is 0.0664. The lowest BCUT2D eigenvalue weighted by atomic mass is 9.94. The number of carbonyl (C=O) groups is 1. The van der Waals surface area contributed by atoms with Crippen LogP contribution in [-0.2, 0) is 19.1 Å². The quantitative estimate of drug-likeness (QED) is 0.566. The molecule has 2 aromatic rings. The highest BCUT2D eigenvalue weighted by molar-refractivity contribution is 5.66. The molecule has 0 heterocycles. The van der Waals surface area contributed by atoms with Crippen LogP contribution in [0.5, 0.6) is 0 Å². The van der Waals surface area contributed by atoms with Gasteiger partial charge in [0.15, 0.2) is 0 Å². The molecule has 5 nitrogen and oxygen atoms in total. The van der Waals surface area contributed by atoms with Crippen LogP contribution in [-0.4, -0.2) is 45.4 Å². The lowest BCUT2D eigenvalue weighted by molar-refractivity contribution is -0.137. The molecule has 2 aromatic carbocycles. The number of nitrogens with zero attached hydrogens (tertiary/aromatic N) is 1. The molecular weight excluding hydrogens is 409 g/mol. The maximum atomic E-state index is 12.7. The zero-order valence-corrected chi connectivity index (χ0v) is 17.9. The summed E-state index contributed by atoms with van der Waals surface area (Å²) in [5, 5.41) is 23.7. The van der Waals surface area contributed by atoms with Crippen molar-refractivity contribution in [2.45, 2.75) is 57.6 Å². The predicted molar refractivity (Wildman–Crippen MR) is 113 cm³/mol. The number of amides is 1. The molecule has 0 fully saturated rings. The van der Waals surface area contributed by atoms with Gasteiger partial charge in [-0.1, -0.05) is 42.5 Å². The second-order valence-electron chi connectivity index (χ2n) is 8.47. The molecule has 0 bridgehead atoms. The Morgan fingerprint density at radius 2 is 1.58 bits per heavy atom. The molecule has 0 aliphatic carbocycles. The lowest BCUT2D eigenvalue weighted by Gasteiger charge is -2.42. The number of hydrogen-bond donors (Lipinski definition) is 3. The second-order valence-corrected chi connectivity index (χ2v) is 8.47. The second kappa shape index (κ2) is 10.2. The summed E-state index contributed by atoms with van der Waals surface area (Å²) >= 11 is 0. The molecule has 0 saturated carbocycles. The number of alkyl halides is 3. The van der Waals surface area contributed by atoms with E-state index in [9.17, 15) is 28.2 Å². The van der Waals surface area contributed by atoms with E-state index in [4.69, 9.17) is 0 Å². The van der Waals surface area contributed by atoms with E-state index < -0.39 is 35.5 Å². The first-order valence-corrected chi connectivity index (χ1v) is 10.0. The SMILES string of the molecule is CC(C)(C)N(C(=O)O)[C@@H](Cc1ccccc1)[C@H](O)CNCc1ccc(C(F)(F)F)cc1. The van der Waals surface area contributed by atoms with E-state index in [2.05, 4.69) is 5.32 Å². The molecule has 0 aliphatic rings. The molecule has 0 saturated heterocycles. The van der Waals surface area contributed by atoms with Crippen molar-refractivity contribution in [2.75, 3.05) is 6.54 Å². The molecule has 0 spiro atoms. The van der Waals surface area contributed by atoms with Crippen molar-refractivity contribution in [3.8, 4) is 0 Å². The fourth-order valence-corrected chi connectivity index (χ4v) is 3.49. The molecular formula is C23H29F3N2O3. The third-order valence-electron chi connectivity index (χ3n) is 4.96. The minimum absolute atomic E-state index is 0.0817. The van der Waals surface area contributed by atoms with Crippen LogP contribution in [0, 0.1) is 0 Å². The van der Waals surface area contributed by atoms with E-state index in [1.54, 1.807) is 20.8 Å². The molecule has 31 heavy (non-hydrogen) atoms. The zero-order chi connectivity index (χ0) is 23.2. The van der Waals surface area contributed by atoms with Crippen molar-refractivity contribution in [1.82, 2.24) is 10.2 Å². The van der Waals surface area contributed by atoms with Gasteiger partial charge in [0.2, 0.25) is 0 Å². The minimum Gasteiger partial charge on any atom is -0.465 e. The highest BCUT2D eigenvalue weighted by Crippen LogP contribution is 2.29. The van der Waals surface area contributed by atoms with E-state index in [1.165, 1.54) is 17.0 Å². The monoisotopic (exact) mass is 438 g/mol. The van der Waals surface area contributed by atoms with Crippen LogP contribution in [0.4, 0.5) is 18.0 Å². The van der Waals surface area contributed by atoms with Gasteiger partial charge in [-0.25, -0.2) is 4.79 Å². The maximum absolute atomic E-state index is 12.7. The topological polar surface area (TPSA) is 72.8 Å². The summed E-state index contributed by atoms with van der Waals surface area (Å²) in [5.74, 6) is 0. The van der Waals surface area contributed by atoms with E-state index in [0.717, 1.165) is 17.7 Å². The molecule has 0 radical (unpaired) electrons. The molecule has 8 heteroatoms. The van der Waals surface area contributed by atoms with Crippen LogP contribution < -0.4 is 5.32 Å². The average molecular weight is 438 g/mol. The standard InChI is InChI=1S/C23H29F3N2O3/c1-22(2,3)28(21(30)31)19(13-16-7-5-4-6-8-16)20(29)15-27-14-17-9-11-18(12-10-17)23(24,25)26/h4-12,19-20,27,29H,13-15H2,1-3H3,(H,30,31)/t19-,20+/m0/s1. The van der Waals surface area contributed by atoms with Gasteiger partial charge in [-0.05, 0) is 50.5 Å². The van der Waals surface area contributed by atoms with Gasteiger partial charge in [0.05, 0.1) is 17.7 Å². The summed E-state index contributed by atoms with van der Waals surface area (Å²) in [4.78, 5) is 13.2. The third-order valence-corrected chi connectivity index (χ3v) is 4.96. The van der Waals surface area contributed by atoms with Gasteiger partial charge in [-0.2, -0.15) is 13.2 Å². The Morgan fingerprint density at radius 1 is 1.00 bits per heavy atom. The maximum Gasteiger partial charge on any atom is 0.416 e. The fraction of sp³-hybridized carbons (Fsp3) is 0.435. The Balaban J connectivity index is 2.09. The van der Waals surface area contributed by atoms with Crippen molar-refractivity contribution in [1.29, 1.82) is 0 Å². The number of carboxylic acid groups (broad SMARTS) is 1. The molecule has 0 aliphatic heterocycles. The average Bonchev–Trinajstić information content (AvgIpc) is 2.66. The summed E-state index contributed by atoms with van der Waals surface area (Å²) < 4.78 is 38.0. The van der Waals surface area contributed by atoms with Gasteiger partial charge >= 0.3 is 12.3 Å². The van der Waals surface area contributed by atoms with Crippen LogP contribution in [0.1, 0.15) is 37.5 Å². The number of aliphatic hydroxyl groups is 1. The number of halogens is 3. The van der Waals surface area contributed by atoms with Crippen molar-refractivity contribution in [3.05, 3.63) is 71.3 Å². The van der Waals surface area contributed by atoms with Gasteiger partial charge in [-0.3, -0.25) is 4.90 Å². The summed E-state index contributed by atoms with van der Waals surface area (Å²) in [7, 11) is 0. The number of rotatable bonds is 8. The molecule has 2 atom stereocenters. The molecule has 170 valence electrons. The largest absolute Gasteiger partial charge is 0.465 e. The highest BCUT2D eigenvalue weighted by Gasteiger charge is 2.37. The van der Waals surface area contributed by atoms with Gasteiger partial charge in [0, 0.05) is 18.6 Å². The van der Waals surface area contributed by atoms with Gasteiger partial charge in [0.25, 0.3) is 0 Å². The highest BCUT2D eigenvalue weighted by atomic mass is 19.4. The van der Waals surface area contributed by atoms with Crippen LogP contribution >= 0.6 is 0 Å². The Kier molecular flexibility index (Phi) is 8.08.